The van der Waals surface area contributed by atoms with Gasteiger partial charge in [0, 0.05) is 24.9 Å². The zero-order chi connectivity index (χ0) is 10.6. The van der Waals surface area contributed by atoms with Crippen LogP contribution < -0.4 is 0 Å². The van der Waals surface area contributed by atoms with Gasteiger partial charge in [-0.2, -0.15) is 0 Å². The van der Waals surface area contributed by atoms with Crippen LogP contribution in [0.15, 0.2) is 0 Å². The van der Waals surface area contributed by atoms with Gasteiger partial charge in [0.1, 0.15) is 0 Å². The molecule has 1 unspecified atom stereocenters. The molecule has 1 fully saturated rings. The van der Waals surface area contributed by atoms with E-state index in [1.807, 2.05) is 4.90 Å². The van der Waals surface area contributed by atoms with Gasteiger partial charge in [0.25, 0.3) is 0 Å². The maximum atomic E-state index is 11.8. The summed E-state index contributed by atoms with van der Waals surface area (Å²) in [5.41, 5.74) is 0. The molecule has 0 aromatic carbocycles. The molecule has 1 aliphatic rings. The summed E-state index contributed by atoms with van der Waals surface area (Å²) in [7, 11) is 0. The van der Waals surface area contributed by atoms with Crippen molar-refractivity contribution < 1.29 is 4.79 Å². The van der Waals surface area contributed by atoms with E-state index in [9.17, 15) is 4.79 Å². The highest BCUT2D eigenvalue weighted by Gasteiger charge is 2.25. The lowest BCUT2D eigenvalue weighted by molar-refractivity contribution is -0.135. The summed E-state index contributed by atoms with van der Waals surface area (Å²) < 4.78 is 0. The topological polar surface area (TPSA) is 20.3 Å². The van der Waals surface area contributed by atoms with E-state index in [1.54, 1.807) is 0 Å². The van der Waals surface area contributed by atoms with Gasteiger partial charge < -0.3 is 4.90 Å². The van der Waals surface area contributed by atoms with Crippen molar-refractivity contribution in [3.8, 4) is 0 Å². The number of amides is 1. The Kier molecular flexibility index (Phi) is 4.73. The second-order valence-electron chi connectivity index (χ2n) is 4.49. The van der Waals surface area contributed by atoms with Gasteiger partial charge in [0.05, 0.1) is 0 Å². The zero-order valence-corrected chi connectivity index (χ0v) is 9.89. The number of carbonyl (C=O) groups is 1. The molecule has 82 valence electrons. The van der Waals surface area contributed by atoms with Crippen LogP contribution in [-0.2, 0) is 4.79 Å². The van der Waals surface area contributed by atoms with Gasteiger partial charge in [0.15, 0.2) is 0 Å². The highest BCUT2D eigenvalue weighted by Crippen LogP contribution is 2.20. The molecule has 1 heterocycles. The Morgan fingerprint density at radius 1 is 1.50 bits per heavy atom. The van der Waals surface area contributed by atoms with Crippen LogP contribution in [-0.4, -0.2) is 29.3 Å². The van der Waals surface area contributed by atoms with Crippen LogP contribution >= 0.6 is 11.6 Å². The Morgan fingerprint density at radius 2 is 2.21 bits per heavy atom. The lowest BCUT2D eigenvalue weighted by Gasteiger charge is -2.35. The molecule has 0 radical (unpaired) electrons. The van der Waals surface area contributed by atoms with Gasteiger partial charge in [-0.05, 0) is 25.2 Å². The standard InChI is InChI=1S/C11H20ClNO/c1-9(2)7-11(14)13-6-4-3-5-10(13)8-12/h9-10H,3-8H2,1-2H3. The van der Waals surface area contributed by atoms with E-state index in [0.29, 0.717) is 18.2 Å². The van der Waals surface area contributed by atoms with Crippen LogP contribution in [0.1, 0.15) is 39.5 Å². The number of likely N-dealkylation sites (tertiary alicyclic amines) is 1. The summed E-state index contributed by atoms with van der Waals surface area (Å²) in [5.74, 6) is 1.31. The van der Waals surface area contributed by atoms with Crippen molar-refractivity contribution >= 4 is 17.5 Å². The third-order valence-corrected chi connectivity index (χ3v) is 3.06. The number of hydrogen-bond donors (Lipinski definition) is 0. The first-order chi connectivity index (χ1) is 6.65. The van der Waals surface area contributed by atoms with Crippen molar-refractivity contribution in [2.24, 2.45) is 5.92 Å². The average Bonchev–Trinajstić information content (AvgIpc) is 2.16. The summed E-state index contributed by atoms with van der Waals surface area (Å²) in [6.45, 7) is 5.07. The molecule has 14 heavy (non-hydrogen) atoms. The molecule has 1 amide bonds. The molecule has 0 spiro atoms. The molecule has 1 rings (SSSR count). The predicted octanol–water partition coefficient (Wildman–Crippen LogP) is 2.65. The fraction of sp³-hybridized carbons (Fsp3) is 0.909. The smallest absolute Gasteiger partial charge is 0.223 e. The molecule has 2 nitrogen and oxygen atoms in total. The molecule has 0 aromatic heterocycles. The van der Waals surface area contributed by atoms with Crippen molar-refractivity contribution in [2.45, 2.75) is 45.6 Å². The Bertz CT molecular complexity index is 194. The molecule has 0 aromatic rings. The highest BCUT2D eigenvalue weighted by molar-refractivity contribution is 6.18. The maximum Gasteiger partial charge on any atom is 0.223 e. The summed E-state index contributed by atoms with van der Waals surface area (Å²) >= 11 is 5.86. The minimum absolute atomic E-state index is 0.283. The molecular formula is C11H20ClNO. The molecule has 1 saturated heterocycles. The number of halogens is 1. The molecule has 0 saturated carbocycles. The summed E-state index contributed by atoms with van der Waals surface area (Å²) in [6.07, 6.45) is 4.08. The van der Waals surface area contributed by atoms with E-state index < -0.39 is 0 Å². The lowest BCUT2D eigenvalue weighted by Crippen LogP contribution is -2.45. The number of hydrogen-bond acceptors (Lipinski definition) is 1. The van der Waals surface area contributed by atoms with Gasteiger partial charge in [-0.1, -0.05) is 13.8 Å². The van der Waals surface area contributed by atoms with Crippen LogP contribution in [0.4, 0.5) is 0 Å². The first-order valence-electron chi connectivity index (χ1n) is 5.50. The van der Waals surface area contributed by atoms with Gasteiger partial charge in [-0.15, -0.1) is 11.6 Å². The highest BCUT2D eigenvalue weighted by atomic mass is 35.5. The quantitative estimate of drug-likeness (QED) is 0.666. The molecule has 1 atom stereocenters. The van der Waals surface area contributed by atoms with E-state index in [0.717, 1.165) is 19.4 Å². The molecule has 1 aliphatic heterocycles. The monoisotopic (exact) mass is 217 g/mol. The SMILES string of the molecule is CC(C)CC(=O)N1CCCCC1CCl. The third-order valence-electron chi connectivity index (χ3n) is 2.71. The van der Waals surface area contributed by atoms with Crippen molar-refractivity contribution in [1.29, 1.82) is 0 Å². The normalized spacial score (nSPS) is 22.9. The Balaban J connectivity index is 2.50. The Morgan fingerprint density at radius 3 is 2.79 bits per heavy atom. The average molecular weight is 218 g/mol. The first kappa shape index (κ1) is 11.8. The van der Waals surface area contributed by atoms with Crippen LogP contribution in [0.5, 0.6) is 0 Å². The minimum atomic E-state index is 0.283. The summed E-state index contributed by atoms with van der Waals surface area (Å²) in [5, 5.41) is 0. The predicted molar refractivity (Wildman–Crippen MR) is 59.5 cm³/mol. The van der Waals surface area contributed by atoms with Gasteiger partial charge in [-0.3, -0.25) is 4.79 Å². The first-order valence-corrected chi connectivity index (χ1v) is 6.04. The molecule has 0 N–H and O–H groups in total. The van der Waals surface area contributed by atoms with Crippen LogP contribution in [0.3, 0.4) is 0 Å². The molecular weight excluding hydrogens is 198 g/mol. The van der Waals surface area contributed by atoms with E-state index in [-0.39, 0.29) is 11.9 Å². The fourth-order valence-corrected chi connectivity index (χ4v) is 2.28. The fourth-order valence-electron chi connectivity index (χ4n) is 1.96. The zero-order valence-electron chi connectivity index (χ0n) is 9.13. The second-order valence-corrected chi connectivity index (χ2v) is 4.80. The van der Waals surface area contributed by atoms with Crippen molar-refractivity contribution in [2.75, 3.05) is 12.4 Å². The van der Waals surface area contributed by atoms with Crippen LogP contribution in [0, 0.1) is 5.92 Å². The number of piperidine rings is 1. The van der Waals surface area contributed by atoms with Crippen molar-refractivity contribution in [3.05, 3.63) is 0 Å². The van der Waals surface area contributed by atoms with Crippen molar-refractivity contribution in [1.82, 2.24) is 4.90 Å². The van der Waals surface area contributed by atoms with Gasteiger partial charge in [0.2, 0.25) is 5.91 Å². The minimum Gasteiger partial charge on any atom is -0.339 e. The van der Waals surface area contributed by atoms with Gasteiger partial charge in [-0.25, -0.2) is 0 Å². The summed E-state index contributed by atoms with van der Waals surface area (Å²) in [6, 6.07) is 0.289. The molecule has 0 bridgehead atoms. The summed E-state index contributed by atoms with van der Waals surface area (Å²) in [4.78, 5) is 13.8. The number of alkyl halides is 1. The van der Waals surface area contributed by atoms with E-state index in [1.165, 1.54) is 6.42 Å². The number of rotatable bonds is 3. The van der Waals surface area contributed by atoms with Crippen molar-refractivity contribution in [3.63, 3.8) is 0 Å². The maximum absolute atomic E-state index is 11.8. The third kappa shape index (κ3) is 3.16. The van der Waals surface area contributed by atoms with Crippen LogP contribution in [0.25, 0.3) is 0 Å². The molecule has 3 heteroatoms. The number of carbonyl (C=O) groups excluding carboxylic acids is 1. The second kappa shape index (κ2) is 5.59. The van der Waals surface area contributed by atoms with Gasteiger partial charge >= 0.3 is 0 Å². The molecule has 0 aliphatic carbocycles. The van der Waals surface area contributed by atoms with E-state index in [4.69, 9.17) is 11.6 Å². The van der Waals surface area contributed by atoms with E-state index >= 15 is 0 Å². The lowest BCUT2D eigenvalue weighted by atomic mass is 10.0. The van der Waals surface area contributed by atoms with E-state index in [2.05, 4.69) is 13.8 Å². The Labute approximate surface area is 91.6 Å². The Hall–Kier alpha value is -0.240. The number of nitrogens with zero attached hydrogens (tertiary/aromatic N) is 1. The van der Waals surface area contributed by atoms with Crippen LogP contribution in [0.2, 0.25) is 0 Å². The largest absolute Gasteiger partial charge is 0.339 e.